The predicted molar refractivity (Wildman–Crippen MR) is 76.0 cm³/mol. The highest BCUT2D eigenvalue weighted by molar-refractivity contribution is 5.21. The molecule has 0 aliphatic rings. The summed E-state index contributed by atoms with van der Waals surface area (Å²) < 4.78 is 4.12. The normalized spacial score (nSPS) is 12.8. The second-order valence-electron chi connectivity index (χ2n) is 4.81. The van der Waals surface area contributed by atoms with Crippen LogP contribution in [0.5, 0.6) is 0 Å². The molecule has 2 aromatic heterocycles. The summed E-state index contributed by atoms with van der Waals surface area (Å²) in [5.41, 5.74) is 2.23. The van der Waals surface area contributed by atoms with Gasteiger partial charge in [-0.2, -0.15) is 5.10 Å². The highest BCUT2D eigenvalue weighted by Crippen LogP contribution is 2.21. The van der Waals surface area contributed by atoms with E-state index in [1.165, 1.54) is 5.69 Å². The van der Waals surface area contributed by atoms with Crippen molar-refractivity contribution in [3.8, 4) is 0 Å². The largest absolute Gasteiger partial charge is 0.336 e. The van der Waals surface area contributed by atoms with E-state index in [2.05, 4.69) is 44.6 Å². The number of aromatic nitrogens is 4. The minimum atomic E-state index is 0.0982. The van der Waals surface area contributed by atoms with Crippen molar-refractivity contribution in [2.45, 2.75) is 39.8 Å². The Bertz CT molecular complexity index is 526. The molecule has 2 heterocycles. The van der Waals surface area contributed by atoms with Crippen LogP contribution in [0.3, 0.4) is 0 Å². The maximum atomic E-state index is 4.54. The maximum absolute atomic E-state index is 4.54. The molecule has 1 atom stereocenters. The van der Waals surface area contributed by atoms with Crippen LogP contribution in [0.1, 0.15) is 43.5 Å². The number of rotatable bonds is 6. The summed E-state index contributed by atoms with van der Waals surface area (Å²) in [6.45, 7) is 8.16. The molecule has 0 radical (unpaired) electrons. The van der Waals surface area contributed by atoms with Crippen molar-refractivity contribution in [3.05, 3.63) is 35.7 Å². The van der Waals surface area contributed by atoms with E-state index in [-0.39, 0.29) is 6.04 Å². The fourth-order valence-electron chi connectivity index (χ4n) is 2.32. The van der Waals surface area contributed by atoms with Crippen LogP contribution in [0.25, 0.3) is 0 Å². The molecule has 0 aromatic carbocycles. The van der Waals surface area contributed by atoms with E-state index in [0.29, 0.717) is 0 Å². The van der Waals surface area contributed by atoms with Gasteiger partial charge in [-0.25, -0.2) is 4.98 Å². The Hall–Kier alpha value is -1.62. The SMILES string of the molecule is CCCNC(c1nccn1C)c1cc(C)nn1CC. The molecule has 2 aromatic rings. The van der Waals surface area contributed by atoms with Gasteiger partial charge < -0.3 is 9.88 Å². The van der Waals surface area contributed by atoms with Crippen LogP contribution in [0.4, 0.5) is 0 Å². The minimum absolute atomic E-state index is 0.0982. The monoisotopic (exact) mass is 261 g/mol. The molecule has 0 aliphatic heterocycles. The molecule has 2 rings (SSSR count). The minimum Gasteiger partial charge on any atom is -0.336 e. The molecule has 0 amide bonds. The molecule has 1 N–H and O–H groups in total. The Kier molecular flexibility index (Phi) is 4.37. The topological polar surface area (TPSA) is 47.7 Å². The standard InChI is InChI=1S/C14H23N5/c1-5-7-15-13(14-16-8-9-18(14)4)12-10-11(3)17-19(12)6-2/h8-10,13,15H,5-7H2,1-4H3. The van der Waals surface area contributed by atoms with Crippen LogP contribution < -0.4 is 5.32 Å². The Morgan fingerprint density at radius 1 is 1.37 bits per heavy atom. The van der Waals surface area contributed by atoms with Crippen LogP contribution in [-0.4, -0.2) is 25.9 Å². The van der Waals surface area contributed by atoms with Crippen LogP contribution in [0.15, 0.2) is 18.5 Å². The number of imidazole rings is 1. The van der Waals surface area contributed by atoms with Crippen molar-refractivity contribution in [1.29, 1.82) is 0 Å². The Morgan fingerprint density at radius 2 is 2.16 bits per heavy atom. The summed E-state index contributed by atoms with van der Waals surface area (Å²) in [6.07, 6.45) is 4.92. The molecule has 5 heteroatoms. The molecule has 0 saturated heterocycles. The number of nitrogens with zero attached hydrogens (tertiary/aromatic N) is 4. The van der Waals surface area contributed by atoms with E-state index in [0.717, 1.165) is 31.0 Å². The van der Waals surface area contributed by atoms with Gasteiger partial charge in [0.15, 0.2) is 0 Å². The third-order valence-corrected chi connectivity index (χ3v) is 3.24. The van der Waals surface area contributed by atoms with Crippen molar-refractivity contribution in [2.24, 2.45) is 7.05 Å². The zero-order chi connectivity index (χ0) is 13.8. The van der Waals surface area contributed by atoms with Crippen LogP contribution in [0, 0.1) is 6.92 Å². The Balaban J connectivity index is 2.39. The van der Waals surface area contributed by atoms with Gasteiger partial charge in [-0.15, -0.1) is 0 Å². The van der Waals surface area contributed by atoms with Crippen LogP contribution in [-0.2, 0) is 13.6 Å². The number of nitrogens with one attached hydrogen (secondary N) is 1. The van der Waals surface area contributed by atoms with E-state index in [1.54, 1.807) is 0 Å². The van der Waals surface area contributed by atoms with Crippen molar-refractivity contribution in [1.82, 2.24) is 24.6 Å². The second-order valence-corrected chi connectivity index (χ2v) is 4.81. The first-order valence-corrected chi connectivity index (χ1v) is 6.92. The molecule has 1 unspecified atom stereocenters. The molecule has 0 spiro atoms. The highest BCUT2D eigenvalue weighted by atomic mass is 15.3. The molecule has 104 valence electrons. The maximum Gasteiger partial charge on any atom is 0.131 e. The van der Waals surface area contributed by atoms with E-state index in [4.69, 9.17) is 0 Å². The molecule has 0 bridgehead atoms. The van der Waals surface area contributed by atoms with Gasteiger partial charge in [0.2, 0.25) is 0 Å². The fraction of sp³-hybridized carbons (Fsp3) is 0.571. The molecule has 0 saturated carbocycles. The lowest BCUT2D eigenvalue weighted by Crippen LogP contribution is -2.28. The molecular weight excluding hydrogens is 238 g/mol. The molecular formula is C14H23N5. The van der Waals surface area contributed by atoms with E-state index in [9.17, 15) is 0 Å². The zero-order valence-corrected chi connectivity index (χ0v) is 12.2. The van der Waals surface area contributed by atoms with Gasteiger partial charge in [0.05, 0.1) is 11.4 Å². The highest BCUT2D eigenvalue weighted by Gasteiger charge is 2.21. The van der Waals surface area contributed by atoms with Crippen molar-refractivity contribution in [2.75, 3.05) is 6.54 Å². The van der Waals surface area contributed by atoms with Gasteiger partial charge in [0.25, 0.3) is 0 Å². The average Bonchev–Trinajstić information content (AvgIpc) is 2.97. The van der Waals surface area contributed by atoms with Gasteiger partial charge in [-0.3, -0.25) is 4.68 Å². The van der Waals surface area contributed by atoms with E-state index >= 15 is 0 Å². The number of hydrogen-bond donors (Lipinski definition) is 1. The van der Waals surface area contributed by atoms with E-state index in [1.807, 2.05) is 26.4 Å². The van der Waals surface area contributed by atoms with Crippen molar-refractivity contribution in [3.63, 3.8) is 0 Å². The van der Waals surface area contributed by atoms with Gasteiger partial charge >= 0.3 is 0 Å². The second kappa shape index (κ2) is 6.02. The third-order valence-electron chi connectivity index (χ3n) is 3.24. The number of aryl methyl sites for hydroxylation is 3. The molecule has 19 heavy (non-hydrogen) atoms. The summed E-state index contributed by atoms with van der Waals surface area (Å²) in [5.74, 6) is 1.03. The first-order chi connectivity index (χ1) is 9.17. The van der Waals surface area contributed by atoms with Crippen molar-refractivity contribution < 1.29 is 0 Å². The first kappa shape index (κ1) is 13.8. The van der Waals surface area contributed by atoms with E-state index < -0.39 is 0 Å². The lowest BCUT2D eigenvalue weighted by Gasteiger charge is -2.19. The van der Waals surface area contributed by atoms with Gasteiger partial charge in [0, 0.05) is 26.0 Å². The Morgan fingerprint density at radius 3 is 2.74 bits per heavy atom. The fourth-order valence-corrected chi connectivity index (χ4v) is 2.32. The van der Waals surface area contributed by atoms with Crippen molar-refractivity contribution >= 4 is 0 Å². The first-order valence-electron chi connectivity index (χ1n) is 6.92. The predicted octanol–water partition coefficient (Wildman–Crippen LogP) is 2.03. The van der Waals surface area contributed by atoms with Crippen LogP contribution >= 0.6 is 0 Å². The molecule has 0 fully saturated rings. The zero-order valence-electron chi connectivity index (χ0n) is 12.2. The molecule has 5 nitrogen and oxygen atoms in total. The van der Waals surface area contributed by atoms with Gasteiger partial charge in [0.1, 0.15) is 11.9 Å². The van der Waals surface area contributed by atoms with Crippen LogP contribution in [0.2, 0.25) is 0 Å². The summed E-state index contributed by atoms with van der Waals surface area (Å²) in [4.78, 5) is 4.49. The lowest BCUT2D eigenvalue weighted by molar-refractivity contribution is 0.502. The molecule has 0 aliphatic carbocycles. The van der Waals surface area contributed by atoms with Gasteiger partial charge in [-0.05, 0) is 32.9 Å². The number of hydrogen-bond acceptors (Lipinski definition) is 3. The summed E-state index contributed by atoms with van der Waals surface area (Å²) in [7, 11) is 2.03. The van der Waals surface area contributed by atoms with Gasteiger partial charge in [-0.1, -0.05) is 6.92 Å². The summed E-state index contributed by atoms with van der Waals surface area (Å²) in [5, 5.41) is 8.11. The smallest absolute Gasteiger partial charge is 0.131 e. The average molecular weight is 261 g/mol. The third kappa shape index (κ3) is 2.87. The lowest BCUT2D eigenvalue weighted by atomic mass is 10.1. The summed E-state index contributed by atoms with van der Waals surface area (Å²) >= 11 is 0. The Labute approximate surface area is 114 Å². The quantitative estimate of drug-likeness (QED) is 0.865. The summed E-state index contributed by atoms with van der Waals surface area (Å²) in [6, 6.07) is 2.24.